The Morgan fingerprint density at radius 2 is 1.75 bits per heavy atom. The molecule has 0 radical (unpaired) electrons. The minimum Gasteiger partial charge on any atom is -0.364 e. The molecular formula is C23H24FN3O. The summed E-state index contributed by atoms with van der Waals surface area (Å²) in [5.74, 6) is -0.224. The number of carbonyl (C=O) groups is 1. The molecule has 0 aliphatic heterocycles. The highest BCUT2D eigenvalue weighted by Gasteiger charge is 2.13. The van der Waals surface area contributed by atoms with Crippen LogP contribution in [0.1, 0.15) is 25.0 Å². The zero-order chi connectivity index (χ0) is 19.9. The third kappa shape index (κ3) is 5.16. The van der Waals surface area contributed by atoms with Crippen LogP contribution in [-0.2, 0) is 17.8 Å². The smallest absolute Gasteiger partial charge is 0.230 e. The highest BCUT2D eigenvalue weighted by Crippen LogP contribution is 2.21. The van der Waals surface area contributed by atoms with E-state index in [-0.39, 0.29) is 18.1 Å². The van der Waals surface area contributed by atoms with E-state index in [1.165, 1.54) is 11.6 Å². The van der Waals surface area contributed by atoms with Gasteiger partial charge in [0.05, 0.1) is 18.3 Å². The second kappa shape index (κ2) is 9.13. The van der Waals surface area contributed by atoms with Crippen LogP contribution >= 0.6 is 0 Å². The van der Waals surface area contributed by atoms with Crippen molar-refractivity contribution in [2.45, 2.75) is 32.9 Å². The molecule has 1 amide bonds. The van der Waals surface area contributed by atoms with Crippen molar-refractivity contribution in [2.24, 2.45) is 0 Å². The Morgan fingerprint density at radius 1 is 1.04 bits per heavy atom. The second-order valence-corrected chi connectivity index (χ2v) is 6.93. The molecule has 0 saturated heterocycles. The number of hydrogen-bond acceptors (Lipinski definition) is 3. The Morgan fingerprint density at radius 3 is 2.39 bits per heavy atom. The Bertz CT molecular complexity index is 911. The quantitative estimate of drug-likeness (QED) is 0.642. The lowest BCUT2D eigenvalue weighted by atomic mass is 10.1. The average Bonchev–Trinajstić information content (AvgIpc) is 2.69. The molecule has 3 aromatic rings. The number of rotatable bonds is 7. The monoisotopic (exact) mass is 377 g/mol. The highest BCUT2D eigenvalue weighted by atomic mass is 19.1. The molecule has 0 atom stereocenters. The van der Waals surface area contributed by atoms with Crippen LogP contribution in [0.4, 0.5) is 15.9 Å². The van der Waals surface area contributed by atoms with Gasteiger partial charge in [-0.2, -0.15) is 0 Å². The molecule has 144 valence electrons. The van der Waals surface area contributed by atoms with Crippen LogP contribution in [0.25, 0.3) is 0 Å². The maximum Gasteiger partial charge on any atom is 0.230 e. The van der Waals surface area contributed by atoms with Gasteiger partial charge >= 0.3 is 0 Å². The zero-order valence-corrected chi connectivity index (χ0v) is 16.1. The van der Waals surface area contributed by atoms with E-state index in [1.54, 1.807) is 30.5 Å². The Labute approximate surface area is 165 Å². The van der Waals surface area contributed by atoms with E-state index in [1.807, 2.05) is 24.3 Å². The summed E-state index contributed by atoms with van der Waals surface area (Å²) in [5, 5.41) is 2.73. The number of benzene rings is 2. The summed E-state index contributed by atoms with van der Waals surface area (Å²) in [7, 11) is 0. The first kappa shape index (κ1) is 19.5. The molecular weight excluding hydrogens is 353 g/mol. The highest BCUT2D eigenvalue weighted by molar-refractivity contribution is 5.91. The SMILES string of the molecule is CC(C)N(Cc1ccccc1)c1ccc(NC(=O)Cc2ccccc2F)nc1. The van der Waals surface area contributed by atoms with Crippen molar-refractivity contribution in [3.8, 4) is 0 Å². The van der Waals surface area contributed by atoms with Gasteiger partial charge in [0.25, 0.3) is 0 Å². The van der Waals surface area contributed by atoms with Crippen LogP contribution in [0, 0.1) is 5.82 Å². The summed E-state index contributed by atoms with van der Waals surface area (Å²) in [6.07, 6.45) is 1.73. The third-order valence-corrected chi connectivity index (χ3v) is 4.47. The molecule has 0 bridgehead atoms. The molecule has 0 aliphatic rings. The summed E-state index contributed by atoms with van der Waals surface area (Å²) >= 11 is 0. The average molecular weight is 377 g/mol. The molecule has 0 spiro atoms. The van der Waals surface area contributed by atoms with Crippen molar-refractivity contribution >= 4 is 17.4 Å². The molecule has 3 rings (SSSR count). The standard InChI is InChI=1S/C23H24FN3O/c1-17(2)27(16-18-8-4-3-5-9-18)20-12-13-22(25-15-20)26-23(28)14-19-10-6-7-11-21(19)24/h3-13,15,17H,14,16H2,1-2H3,(H,25,26,28). The first-order valence-corrected chi connectivity index (χ1v) is 9.33. The largest absolute Gasteiger partial charge is 0.364 e. The number of carbonyl (C=O) groups excluding carboxylic acids is 1. The molecule has 2 aromatic carbocycles. The first-order chi connectivity index (χ1) is 13.5. The maximum atomic E-state index is 13.7. The first-order valence-electron chi connectivity index (χ1n) is 9.33. The van der Waals surface area contributed by atoms with E-state index >= 15 is 0 Å². The predicted octanol–water partition coefficient (Wildman–Crippen LogP) is 4.82. The number of amides is 1. The fourth-order valence-electron chi connectivity index (χ4n) is 2.98. The fourth-order valence-corrected chi connectivity index (χ4v) is 2.98. The minimum atomic E-state index is -0.380. The maximum absolute atomic E-state index is 13.7. The van der Waals surface area contributed by atoms with Gasteiger partial charge in [0.2, 0.25) is 5.91 Å². The van der Waals surface area contributed by atoms with E-state index in [0.29, 0.717) is 17.4 Å². The molecule has 4 nitrogen and oxygen atoms in total. The molecule has 0 unspecified atom stereocenters. The Kier molecular flexibility index (Phi) is 6.37. The molecule has 0 aliphatic carbocycles. The van der Waals surface area contributed by atoms with E-state index < -0.39 is 0 Å². The molecule has 1 heterocycles. The Hall–Kier alpha value is -3.21. The third-order valence-electron chi connectivity index (χ3n) is 4.47. The second-order valence-electron chi connectivity index (χ2n) is 6.93. The molecule has 0 fully saturated rings. The van der Waals surface area contributed by atoms with Crippen molar-refractivity contribution in [2.75, 3.05) is 10.2 Å². The number of pyridine rings is 1. The molecule has 28 heavy (non-hydrogen) atoms. The summed E-state index contributed by atoms with van der Waals surface area (Å²) in [4.78, 5) is 18.8. The van der Waals surface area contributed by atoms with Crippen LogP contribution in [0.15, 0.2) is 72.9 Å². The van der Waals surface area contributed by atoms with E-state index in [0.717, 1.165) is 12.2 Å². The van der Waals surface area contributed by atoms with Gasteiger partial charge < -0.3 is 10.2 Å². The lowest BCUT2D eigenvalue weighted by Gasteiger charge is -2.29. The van der Waals surface area contributed by atoms with Gasteiger partial charge in [-0.1, -0.05) is 48.5 Å². The van der Waals surface area contributed by atoms with Crippen LogP contribution < -0.4 is 10.2 Å². The summed E-state index contributed by atoms with van der Waals surface area (Å²) in [6, 6.07) is 20.5. The van der Waals surface area contributed by atoms with Gasteiger partial charge in [-0.3, -0.25) is 4.79 Å². The van der Waals surface area contributed by atoms with Crippen molar-refractivity contribution < 1.29 is 9.18 Å². The predicted molar refractivity (Wildman–Crippen MR) is 111 cm³/mol. The van der Waals surface area contributed by atoms with Crippen LogP contribution in [0.2, 0.25) is 0 Å². The van der Waals surface area contributed by atoms with Crippen LogP contribution in [0.3, 0.4) is 0 Å². The van der Waals surface area contributed by atoms with Gasteiger partial charge in [-0.25, -0.2) is 9.37 Å². The number of nitrogens with one attached hydrogen (secondary N) is 1. The summed E-state index contributed by atoms with van der Waals surface area (Å²) < 4.78 is 13.7. The van der Waals surface area contributed by atoms with Gasteiger partial charge in [-0.05, 0) is 43.2 Å². The molecule has 1 aromatic heterocycles. The molecule has 5 heteroatoms. The van der Waals surface area contributed by atoms with Crippen molar-refractivity contribution in [3.63, 3.8) is 0 Å². The molecule has 1 N–H and O–H groups in total. The number of halogens is 1. The minimum absolute atomic E-state index is 0.0256. The van der Waals surface area contributed by atoms with Crippen molar-refractivity contribution in [1.29, 1.82) is 0 Å². The number of anilines is 2. The zero-order valence-electron chi connectivity index (χ0n) is 16.1. The Balaban J connectivity index is 1.66. The van der Waals surface area contributed by atoms with Crippen molar-refractivity contribution in [3.05, 3.63) is 89.9 Å². The van der Waals surface area contributed by atoms with Gasteiger partial charge in [0, 0.05) is 12.6 Å². The molecule has 0 saturated carbocycles. The van der Waals surface area contributed by atoms with E-state index in [4.69, 9.17) is 0 Å². The summed E-state index contributed by atoms with van der Waals surface area (Å²) in [5.41, 5.74) is 2.56. The lowest BCUT2D eigenvalue weighted by Crippen LogP contribution is -2.30. The van der Waals surface area contributed by atoms with E-state index in [2.05, 4.69) is 41.2 Å². The fraction of sp³-hybridized carbons (Fsp3) is 0.217. The normalized spacial score (nSPS) is 10.7. The van der Waals surface area contributed by atoms with Crippen LogP contribution in [0.5, 0.6) is 0 Å². The van der Waals surface area contributed by atoms with Crippen LogP contribution in [-0.4, -0.2) is 16.9 Å². The van der Waals surface area contributed by atoms with Gasteiger partial charge in [0.15, 0.2) is 0 Å². The van der Waals surface area contributed by atoms with Gasteiger partial charge in [-0.15, -0.1) is 0 Å². The number of nitrogens with zero attached hydrogens (tertiary/aromatic N) is 2. The topological polar surface area (TPSA) is 45.2 Å². The lowest BCUT2D eigenvalue weighted by molar-refractivity contribution is -0.115. The summed E-state index contributed by atoms with van der Waals surface area (Å²) in [6.45, 7) is 5.04. The number of aromatic nitrogens is 1. The van der Waals surface area contributed by atoms with Crippen molar-refractivity contribution in [1.82, 2.24) is 4.98 Å². The number of hydrogen-bond donors (Lipinski definition) is 1. The van der Waals surface area contributed by atoms with E-state index in [9.17, 15) is 9.18 Å². The van der Waals surface area contributed by atoms with Gasteiger partial charge in [0.1, 0.15) is 11.6 Å².